The first kappa shape index (κ1) is 15.2. The second-order valence-electron chi connectivity index (χ2n) is 6.40. The first-order valence-electron chi connectivity index (χ1n) is 8.35. The van der Waals surface area contributed by atoms with E-state index < -0.39 is 0 Å². The van der Waals surface area contributed by atoms with Gasteiger partial charge in [0.2, 0.25) is 12.7 Å². The van der Waals surface area contributed by atoms with Crippen LogP contribution < -0.4 is 14.4 Å². The average Bonchev–Trinajstić information content (AvgIpc) is 3.02. The van der Waals surface area contributed by atoms with Crippen molar-refractivity contribution in [1.29, 1.82) is 0 Å². The molecule has 0 radical (unpaired) electrons. The van der Waals surface area contributed by atoms with E-state index in [0.29, 0.717) is 6.79 Å². The molecule has 3 heterocycles. The SMILES string of the molecule is Cc1cc(C)nc(N2CCN(Cc3ccc4c(c3)OCO4)CC2)n1. The van der Waals surface area contributed by atoms with Gasteiger partial charge in [-0.15, -0.1) is 0 Å². The van der Waals surface area contributed by atoms with Crippen LogP contribution in [0.1, 0.15) is 17.0 Å². The number of hydrogen-bond donors (Lipinski definition) is 0. The number of aromatic nitrogens is 2. The second-order valence-corrected chi connectivity index (χ2v) is 6.40. The Labute approximate surface area is 142 Å². The molecule has 1 aromatic carbocycles. The summed E-state index contributed by atoms with van der Waals surface area (Å²) in [6.45, 7) is 9.21. The highest BCUT2D eigenvalue weighted by atomic mass is 16.7. The third-order valence-electron chi connectivity index (χ3n) is 4.47. The molecule has 0 bridgehead atoms. The smallest absolute Gasteiger partial charge is 0.231 e. The summed E-state index contributed by atoms with van der Waals surface area (Å²) in [6.07, 6.45) is 0. The Balaban J connectivity index is 1.37. The zero-order valence-corrected chi connectivity index (χ0v) is 14.2. The predicted molar refractivity (Wildman–Crippen MR) is 91.6 cm³/mol. The molecule has 4 rings (SSSR count). The van der Waals surface area contributed by atoms with Crippen LogP contribution in [0.4, 0.5) is 5.95 Å². The summed E-state index contributed by atoms with van der Waals surface area (Å²) in [5.74, 6) is 2.56. The van der Waals surface area contributed by atoms with Crippen molar-refractivity contribution < 1.29 is 9.47 Å². The molecule has 24 heavy (non-hydrogen) atoms. The molecule has 6 heteroatoms. The molecule has 2 aromatic rings. The van der Waals surface area contributed by atoms with Gasteiger partial charge in [-0.25, -0.2) is 9.97 Å². The zero-order chi connectivity index (χ0) is 16.5. The molecule has 2 aliphatic rings. The molecule has 0 N–H and O–H groups in total. The van der Waals surface area contributed by atoms with E-state index in [1.807, 2.05) is 26.0 Å². The van der Waals surface area contributed by atoms with Crippen LogP contribution in [0.2, 0.25) is 0 Å². The van der Waals surface area contributed by atoms with Gasteiger partial charge in [0, 0.05) is 44.1 Å². The Morgan fingerprint density at radius 1 is 0.917 bits per heavy atom. The Morgan fingerprint density at radius 3 is 2.38 bits per heavy atom. The topological polar surface area (TPSA) is 50.7 Å². The van der Waals surface area contributed by atoms with Crippen LogP contribution in [-0.4, -0.2) is 47.8 Å². The molecule has 126 valence electrons. The summed E-state index contributed by atoms with van der Waals surface area (Å²) in [5.41, 5.74) is 3.32. The van der Waals surface area contributed by atoms with E-state index in [1.165, 1.54) is 5.56 Å². The molecule has 1 saturated heterocycles. The molecule has 0 spiro atoms. The normalized spacial score (nSPS) is 17.3. The van der Waals surface area contributed by atoms with Crippen LogP contribution >= 0.6 is 0 Å². The van der Waals surface area contributed by atoms with Gasteiger partial charge in [0.05, 0.1) is 0 Å². The Bertz CT molecular complexity index is 722. The number of rotatable bonds is 3. The summed E-state index contributed by atoms with van der Waals surface area (Å²) < 4.78 is 10.8. The van der Waals surface area contributed by atoms with Gasteiger partial charge >= 0.3 is 0 Å². The van der Waals surface area contributed by atoms with Crippen LogP contribution in [0.5, 0.6) is 11.5 Å². The summed E-state index contributed by atoms with van der Waals surface area (Å²) in [7, 11) is 0. The monoisotopic (exact) mass is 326 g/mol. The quantitative estimate of drug-likeness (QED) is 0.861. The Hall–Kier alpha value is -2.34. The van der Waals surface area contributed by atoms with Gasteiger partial charge < -0.3 is 14.4 Å². The van der Waals surface area contributed by atoms with Gasteiger partial charge in [0.1, 0.15) is 0 Å². The van der Waals surface area contributed by atoms with Gasteiger partial charge in [-0.1, -0.05) is 6.07 Å². The van der Waals surface area contributed by atoms with Crippen molar-refractivity contribution in [1.82, 2.24) is 14.9 Å². The molecule has 0 aliphatic carbocycles. The van der Waals surface area contributed by atoms with Crippen molar-refractivity contribution in [2.45, 2.75) is 20.4 Å². The molecule has 0 saturated carbocycles. The summed E-state index contributed by atoms with van der Waals surface area (Å²) in [4.78, 5) is 13.9. The maximum Gasteiger partial charge on any atom is 0.231 e. The highest BCUT2D eigenvalue weighted by Crippen LogP contribution is 2.32. The van der Waals surface area contributed by atoms with Crippen LogP contribution in [0.25, 0.3) is 0 Å². The van der Waals surface area contributed by atoms with Gasteiger partial charge in [-0.3, -0.25) is 4.90 Å². The van der Waals surface area contributed by atoms with Crippen LogP contribution in [0, 0.1) is 13.8 Å². The lowest BCUT2D eigenvalue weighted by Crippen LogP contribution is -2.46. The third kappa shape index (κ3) is 3.14. The number of fused-ring (bicyclic) bond motifs is 1. The van der Waals surface area contributed by atoms with Crippen molar-refractivity contribution in [2.75, 3.05) is 37.9 Å². The number of ether oxygens (including phenoxy) is 2. The second kappa shape index (κ2) is 6.28. The fourth-order valence-corrected chi connectivity index (χ4v) is 3.25. The molecular weight excluding hydrogens is 304 g/mol. The molecule has 6 nitrogen and oxygen atoms in total. The first-order valence-corrected chi connectivity index (χ1v) is 8.35. The van der Waals surface area contributed by atoms with Gasteiger partial charge in [-0.2, -0.15) is 0 Å². The molecule has 0 amide bonds. The third-order valence-corrected chi connectivity index (χ3v) is 4.47. The maximum atomic E-state index is 5.46. The first-order chi connectivity index (χ1) is 11.7. The van der Waals surface area contributed by atoms with E-state index in [4.69, 9.17) is 9.47 Å². The lowest BCUT2D eigenvalue weighted by atomic mass is 10.1. The number of anilines is 1. The fourth-order valence-electron chi connectivity index (χ4n) is 3.25. The minimum Gasteiger partial charge on any atom is -0.454 e. The van der Waals surface area contributed by atoms with E-state index in [1.54, 1.807) is 0 Å². The van der Waals surface area contributed by atoms with Crippen molar-refractivity contribution in [2.24, 2.45) is 0 Å². The number of nitrogens with zero attached hydrogens (tertiary/aromatic N) is 4. The van der Waals surface area contributed by atoms with Crippen LogP contribution in [0.3, 0.4) is 0 Å². The number of hydrogen-bond acceptors (Lipinski definition) is 6. The summed E-state index contributed by atoms with van der Waals surface area (Å²) in [6, 6.07) is 8.21. The molecule has 1 aromatic heterocycles. The van der Waals surface area contributed by atoms with Crippen molar-refractivity contribution >= 4 is 5.95 Å². The van der Waals surface area contributed by atoms with E-state index >= 15 is 0 Å². The molecule has 0 atom stereocenters. The maximum absolute atomic E-state index is 5.46. The van der Waals surface area contributed by atoms with Crippen LogP contribution in [0.15, 0.2) is 24.3 Å². The van der Waals surface area contributed by atoms with Crippen LogP contribution in [-0.2, 0) is 6.54 Å². The van der Waals surface area contributed by atoms with E-state index in [0.717, 1.165) is 61.6 Å². The Kier molecular flexibility index (Phi) is 3.98. The standard InChI is InChI=1S/C18H22N4O2/c1-13-9-14(2)20-18(19-13)22-7-5-21(6-8-22)11-15-3-4-16-17(10-15)24-12-23-16/h3-4,9-10H,5-8,11-12H2,1-2H3. The van der Waals surface area contributed by atoms with Gasteiger partial charge in [-0.05, 0) is 37.6 Å². The zero-order valence-electron chi connectivity index (χ0n) is 14.2. The summed E-state index contributed by atoms with van der Waals surface area (Å²) in [5, 5.41) is 0. The molecule has 1 fully saturated rings. The van der Waals surface area contributed by atoms with Crippen molar-refractivity contribution in [3.05, 3.63) is 41.2 Å². The van der Waals surface area contributed by atoms with E-state index in [-0.39, 0.29) is 0 Å². The highest BCUT2D eigenvalue weighted by molar-refractivity contribution is 5.44. The number of benzene rings is 1. The van der Waals surface area contributed by atoms with E-state index in [2.05, 4.69) is 31.9 Å². The minimum absolute atomic E-state index is 0.327. The van der Waals surface area contributed by atoms with Gasteiger partial charge in [0.15, 0.2) is 11.5 Å². The number of aryl methyl sites for hydroxylation is 2. The number of piperazine rings is 1. The fraction of sp³-hybridized carbons (Fsp3) is 0.444. The van der Waals surface area contributed by atoms with E-state index in [9.17, 15) is 0 Å². The summed E-state index contributed by atoms with van der Waals surface area (Å²) >= 11 is 0. The van der Waals surface area contributed by atoms with Crippen molar-refractivity contribution in [3.8, 4) is 11.5 Å². The average molecular weight is 326 g/mol. The Morgan fingerprint density at radius 2 is 1.62 bits per heavy atom. The minimum atomic E-state index is 0.327. The van der Waals surface area contributed by atoms with Gasteiger partial charge in [0.25, 0.3) is 0 Å². The predicted octanol–water partition coefficient (Wildman–Crippen LogP) is 2.14. The lowest BCUT2D eigenvalue weighted by Gasteiger charge is -2.34. The molecule has 0 unspecified atom stereocenters. The largest absolute Gasteiger partial charge is 0.454 e. The lowest BCUT2D eigenvalue weighted by molar-refractivity contribution is 0.174. The highest BCUT2D eigenvalue weighted by Gasteiger charge is 2.20. The van der Waals surface area contributed by atoms with Crippen molar-refractivity contribution in [3.63, 3.8) is 0 Å². The molecule has 2 aliphatic heterocycles. The molecular formula is C18H22N4O2.